The van der Waals surface area contributed by atoms with Crippen molar-refractivity contribution in [2.24, 2.45) is 0 Å². The molecule has 0 unspecified atom stereocenters. The molecule has 0 aliphatic rings. The molecule has 0 spiro atoms. The summed E-state index contributed by atoms with van der Waals surface area (Å²) >= 11 is 0. The number of hydrogen-bond acceptors (Lipinski definition) is 8. The van der Waals surface area contributed by atoms with Gasteiger partial charge in [-0.25, -0.2) is 13.1 Å². The molecule has 9 nitrogen and oxygen atoms in total. The van der Waals surface area contributed by atoms with Gasteiger partial charge in [-0.15, -0.1) is 0 Å². The maximum absolute atomic E-state index is 12.1. The standard InChI is InChI=1S/C17H21NO8S/c1-5-6-27(21,22)18-17-16(25-10(2)19)14(20)15(26-17)11-7-12(23-3)9-13(8-11)24-4/h7-9,18,20H,5-6H2,1-4H3. The summed E-state index contributed by atoms with van der Waals surface area (Å²) in [6.07, 6.45) is 0.366. The first-order chi connectivity index (χ1) is 12.7. The van der Waals surface area contributed by atoms with Crippen molar-refractivity contribution in [2.45, 2.75) is 20.3 Å². The average molecular weight is 399 g/mol. The van der Waals surface area contributed by atoms with E-state index < -0.39 is 33.4 Å². The minimum atomic E-state index is -3.75. The minimum absolute atomic E-state index is 0.113. The van der Waals surface area contributed by atoms with Crippen molar-refractivity contribution < 1.29 is 36.9 Å². The summed E-state index contributed by atoms with van der Waals surface area (Å²) in [6.45, 7) is 2.81. The van der Waals surface area contributed by atoms with Gasteiger partial charge in [0.25, 0.3) is 5.88 Å². The monoisotopic (exact) mass is 399 g/mol. The molecular weight excluding hydrogens is 378 g/mol. The number of benzene rings is 1. The van der Waals surface area contributed by atoms with E-state index in [1.54, 1.807) is 25.1 Å². The van der Waals surface area contributed by atoms with E-state index in [-0.39, 0.29) is 11.5 Å². The van der Waals surface area contributed by atoms with Crippen LogP contribution >= 0.6 is 0 Å². The number of hydrogen-bond donors (Lipinski definition) is 2. The normalized spacial score (nSPS) is 11.1. The first kappa shape index (κ1) is 20.4. The zero-order valence-corrected chi connectivity index (χ0v) is 16.2. The lowest BCUT2D eigenvalue weighted by molar-refractivity contribution is -0.131. The van der Waals surface area contributed by atoms with Crippen LogP contribution in [0.2, 0.25) is 0 Å². The second-order valence-corrected chi connectivity index (χ2v) is 7.40. The molecule has 0 saturated carbocycles. The summed E-state index contributed by atoms with van der Waals surface area (Å²) in [4.78, 5) is 11.4. The number of esters is 1. The van der Waals surface area contributed by atoms with Crippen LogP contribution in [-0.2, 0) is 14.8 Å². The van der Waals surface area contributed by atoms with Gasteiger partial charge in [-0.2, -0.15) is 0 Å². The number of nitrogens with one attached hydrogen (secondary N) is 1. The highest BCUT2D eigenvalue weighted by Gasteiger charge is 2.27. The van der Waals surface area contributed by atoms with Gasteiger partial charge in [0.05, 0.1) is 20.0 Å². The third-order valence-electron chi connectivity index (χ3n) is 3.42. The van der Waals surface area contributed by atoms with E-state index in [2.05, 4.69) is 4.72 Å². The number of carbonyl (C=O) groups excluding carboxylic acids is 1. The van der Waals surface area contributed by atoms with Crippen molar-refractivity contribution in [3.63, 3.8) is 0 Å². The quantitative estimate of drug-likeness (QED) is 0.649. The highest BCUT2D eigenvalue weighted by molar-refractivity contribution is 7.92. The molecule has 0 bridgehead atoms. The summed E-state index contributed by atoms with van der Waals surface area (Å²) in [5, 5.41) is 10.5. The molecule has 0 radical (unpaired) electrons. The summed E-state index contributed by atoms with van der Waals surface area (Å²) in [7, 11) is -0.843. The van der Waals surface area contributed by atoms with E-state index in [0.29, 0.717) is 23.5 Å². The molecule has 0 aliphatic heterocycles. The lowest BCUT2D eigenvalue weighted by Crippen LogP contribution is -2.16. The lowest BCUT2D eigenvalue weighted by Gasteiger charge is -2.07. The molecular formula is C17H21NO8S. The molecule has 148 valence electrons. The predicted octanol–water partition coefficient (Wildman–Crippen LogP) is 2.75. The second kappa shape index (κ2) is 8.21. The smallest absolute Gasteiger partial charge is 0.308 e. The van der Waals surface area contributed by atoms with Crippen molar-refractivity contribution in [3.8, 4) is 34.3 Å². The number of furan rings is 1. The Morgan fingerprint density at radius 2 is 1.78 bits per heavy atom. The molecule has 0 saturated heterocycles. The Kier molecular flexibility index (Phi) is 6.21. The molecule has 10 heteroatoms. The van der Waals surface area contributed by atoms with Crippen molar-refractivity contribution in [3.05, 3.63) is 18.2 Å². The molecule has 27 heavy (non-hydrogen) atoms. The van der Waals surface area contributed by atoms with Crippen molar-refractivity contribution in [2.75, 3.05) is 24.7 Å². The first-order valence-corrected chi connectivity index (χ1v) is 9.64. The van der Waals surface area contributed by atoms with Gasteiger partial charge in [-0.05, 0) is 18.6 Å². The number of rotatable bonds is 8. The summed E-state index contributed by atoms with van der Waals surface area (Å²) in [5.41, 5.74) is 0.332. The fraction of sp³-hybridized carbons (Fsp3) is 0.353. The minimum Gasteiger partial charge on any atom is -0.502 e. The number of ether oxygens (including phenoxy) is 3. The van der Waals surface area contributed by atoms with Gasteiger partial charge in [-0.1, -0.05) is 6.92 Å². The van der Waals surface area contributed by atoms with Gasteiger partial charge in [0.2, 0.25) is 21.5 Å². The van der Waals surface area contributed by atoms with E-state index in [9.17, 15) is 18.3 Å². The summed E-state index contributed by atoms with van der Waals surface area (Å²) < 4.78 is 47.1. The molecule has 2 aromatic rings. The van der Waals surface area contributed by atoms with E-state index in [1.165, 1.54) is 14.2 Å². The molecule has 0 aliphatic carbocycles. The Morgan fingerprint density at radius 1 is 1.19 bits per heavy atom. The molecule has 1 heterocycles. The lowest BCUT2D eigenvalue weighted by atomic mass is 10.1. The van der Waals surface area contributed by atoms with Crippen LogP contribution in [0.1, 0.15) is 20.3 Å². The van der Waals surface area contributed by atoms with Crippen LogP contribution in [0.4, 0.5) is 5.88 Å². The molecule has 0 atom stereocenters. The van der Waals surface area contributed by atoms with Crippen LogP contribution in [0.15, 0.2) is 22.6 Å². The number of anilines is 1. The fourth-order valence-electron chi connectivity index (χ4n) is 2.31. The van der Waals surface area contributed by atoms with Crippen LogP contribution in [0, 0.1) is 0 Å². The maximum Gasteiger partial charge on any atom is 0.308 e. The van der Waals surface area contributed by atoms with Crippen molar-refractivity contribution >= 4 is 21.9 Å². The van der Waals surface area contributed by atoms with Crippen molar-refractivity contribution in [1.29, 1.82) is 0 Å². The third-order valence-corrected chi connectivity index (χ3v) is 4.86. The SMILES string of the molecule is CCCS(=O)(=O)Nc1oc(-c2cc(OC)cc(OC)c2)c(O)c1OC(C)=O. The number of carbonyl (C=O) groups is 1. The zero-order chi connectivity index (χ0) is 20.2. The largest absolute Gasteiger partial charge is 0.502 e. The van der Waals surface area contributed by atoms with Crippen LogP contribution < -0.4 is 18.9 Å². The Balaban J connectivity index is 2.60. The molecule has 1 aromatic carbocycles. The van der Waals surface area contributed by atoms with Gasteiger partial charge in [0, 0.05) is 18.6 Å². The van der Waals surface area contributed by atoms with Crippen LogP contribution in [0.25, 0.3) is 11.3 Å². The van der Waals surface area contributed by atoms with E-state index in [4.69, 9.17) is 18.6 Å². The Bertz CT molecular complexity index is 910. The van der Waals surface area contributed by atoms with Crippen LogP contribution in [0.5, 0.6) is 23.0 Å². The Labute approximate surface area is 156 Å². The molecule has 2 N–H and O–H groups in total. The van der Waals surface area contributed by atoms with Gasteiger partial charge < -0.3 is 23.7 Å². The Morgan fingerprint density at radius 3 is 2.26 bits per heavy atom. The molecule has 1 aromatic heterocycles. The van der Waals surface area contributed by atoms with Gasteiger partial charge in [0.1, 0.15) is 11.5 Å². The number of sulfonamides is 1. The molecule has 0 amide bonds. The van der Waals surface area contributed by atoms with Crippen LogP contribution in [-0.4, -0.2) is 39.5 Å². The number of methoxy groups -OCH3 is 2. The molecule has 2 rings (SSSR count). The molecule has 0 fully saturated rings. The van der Waals surface area contributed by atoms with E-state index in [0.717, 1.165) is 6.92 Å². The predicted molar refractivity (Wildman–Crippen MR) is 97.9 cm³/mol. The number of aromatic hydroxyl groups is 1. The second-order valence-electron chi connectivity index (χ2n) is 5.55. The first-order valence-electron chi connectivity index (χ1n) is 7.98. The highest BCUT2D eigenvalue weighted by Crippen LogP contribution is 2.47. The Hall–Kier alpha value is -2.88. The van der Waals surface area contributed by atoms with E-state index >= 15 is 0 Å². The van der Waals surface area contributed by atoms with E-state index in [1.807, 2.05) is 0 Å². The topological polar surface area (TPSA) is 124 Å². The van der Waals surface area contributed by atoms with Crippen LogP contribution in [0.3, 0.4) is 0 Å². The van der Waals surface area contributed by atoms with Gasteiger partial charge >= 0.3 is 5.97 Å². The maximum atomic E-state index is 12.1. The third kappa shape index (κ3) is 4.85. The summed E-state index contributed by atoms with van der Waals surface area (Å²) in [5.74, 6) is -1.54. The highest BCUT2D eigenvalue weighted by atomic mass is 32.2. The fourth-order valence-corrected chi connectivity index (χ4v) is 3.36. The summed E-state index contributed by atoms with van der Waals surface area (Å²) in [6, 6.07) is 4.70. The van der Waals surface area contributed by atoms with Crippen molar-refractivity contribution in [1.82, 2.24) is 0 Å². The van der Waals surface area contributed by atoms with Gasteiger partial charge in [0.15, 0.2) is 5.76 Å². The van der Waals surface area contributed by atoms with Gasteiger partial charge in [-0.3, -0.25) is 4.79 Å². The zero-order valence-electron chi connectivity index (χ0n) is 15.4. The average Bonchev–Trinajstić information content (AvgIpc) is 2.89.